The summed E-state index contributed by atoms with van der Waals surface area (Å²) in [5.74, 6) is 8.11. The second kappa shape index (κ2) is 7.02. The molecule has 136 valence electrons. The van der Waals surface area contributed by atoms with Gasteiger partial charge in [0.2, 0.25) is 0 Å². The van der Waals surface area contributed by atoms with E-state index in [0.717, 1.165) is 38.2 Å². The molecule has 0 spiro atoms. The number of hydrogen-bond donors (Lipinski definition) is 0. The smallest absolute Gasteiger partial charge is 0.126 e. The molecule has 1 saturated heterocycles. The Morgan fingerprint density at radius 1 is 1.16 bits per heavy atom. The van der Waals surface area contributed by atoms with Crippen molar-refractivity contribution in [3.8, 4) is 17.6 Å². The number of hydrogen-bond acceptors (Lipinski definition) is 3. The van der Waals surface area contributed by atoms with Gasteiger partial charge in [0, 0.05) is 11.5 Å². The van der Waals surface area contributed by atoms with Crippen molar-refractivity contribution >= 4 is 0 Å². The predicted molar refractivity (Wildman–Crippen MR) is 102 cm³/mol. The highest BCUT2D eigenvalue weighted by atomic mass is 16.5. The van der Waals surface area contributed by atoms with Crippen LogP contribution in [0, 0.1) is 17.8 Å². The average Bonchev–Trinajstić information content (AvgIpc) is 2.58. The molecule has 0 amide bonds. The highest BCUT2D eigenvalue weighted by Gasteiger charge is 2.49. The maximum atomic E-state index is 6.62. The number of para-hydroxylation sites is 1. The zero-order valence-electron chi connectivity index (χ0n) is 16.3. The third-order valence-electron chi connectivity index (χ3n) is 5.73. The number of fused-ring (bicyclic) bond motifs is 3. The van der Waals surface area contributed by atoms with Crippen LogP contribution in [0.1, 0.15) is 59.1 Å². The fraction of sp³-hybridized carbons (Fsp3) is 0.636. The molecule has 1 fully saturated rings. The summed E-state index contributed by atoms with van der Waals surface area (Å²) >= 11 is 0. The molecule has 0 radical (unpaired) electrons. The summed E-state index contributed by atoms with van der Waals surface area (Å²) < 4.78 is 12.9. The van der Waals surface area contributed by atoms with Gasteiger partial charge < -0.3 is 9.47 Å². The van der Waals surface area contributed by atoms with Crippen molar-refractivity contribution in [1.29, 1.82) is 0 Å². The normalized spacial score (nSPS) is 29.8. The maximum Gasteiger partial charge on any atom is 0.126 e. The first kappa shape index (κ1) is 18.3. The predicted octanol–water partition coefficient (Wildman–Crippen LogP) is 4.43. The molecule has 2 aliphatic rings. The van der Waals surface area contributed by atoms with E-state index >= 15 is 0 Å². The molecule has 0 N–H and O–H groups in total. The first-order valence-corrected chi connectivity index (χ1v) is 9.56. The number of rotatable bonds is 3. The third kappa shape index (κ3) is 3.71. The molecule has 2 heterocycles. The lowest BCUT2D eigenvalue weighted by Crippen LogP contribution is -2.50. The quantitative estimate of drug-likeness (QED) is 0.759. The van der Waals surface area contributed by atoms with Crippen LogP contribution in [0.5, 0.6) is 5.75 Å². The van der Waals surface area contributed by atoms with E-state index in [1.807, 2.05) is 6.07 Å². The lowest BCUT2D eigenvalue weighted by atomic mass is 9.73. The Morgan fingerprint density at radius 3 is 2.60 bits per heavy atom. The minimum Gasteiger partial charge on any atom is -0.487 e. The van der Waals surface area contributed by atoms with E-state index in [-0.39, 0.29) is 17.3 Å². The van der Waals surface area contributed by atoms with Crippen LogP contribution in [0.25, 0.3) is 0 Å². The van der Waals surface area contributed by atoms with Crippen LogP contribution in [0.2, 0.25) is 0 Å². The number of nitrogens with zero attached hydrogens (tertiary/aromatic N) is 1. The van der Waals surface area contributed by atoms with E-state index in [9.17, 15) is 0 Å². The van der Waals surface area contributed by atoms with Gasteiger partial charge in [-0.3, -0.25) is 4.90 Å². The molecule has 3 nitrogen and oxygen atoms in total. The van der Waals surface area contributed by atoms with E-state index in [0.29, 0.717) is 5.92 Å². The lowest BCUT2D eigenvalue weighted by Gasteiger charge is -2.50. The van der Waals surface area contributed by atoms with Gasteiger partial charge in [-0.15, -0.1) is 0 Å². The van der Waals surface area contributed by atoms with Gasteiger partial charge in [0.25, 0.3) is 0 Å². The molecule has 1 aromatic carbocycles. The second-order valence-electron chi connectivity index (χ2n) is 7.92. The second-order valence-corrected chi connectivity index (χ2v) is 7.92. The van der Waals surface area contributed by atoms with E-state index in [2.05, 4.69) is 69.6 Å². The van der Waals surface area contributed by atoms with E-state index in [4.69, 9.17) is 9.47 Å². The fourth-order valence-corrected chi connectivity index (χ4v) is 4.04. The van der Waals surface area contributed by atoms with Gasteiger partial charge in [-0.05, 0) is 52.8 Å². The number of ether oxygens (including phenoxy) is 2. The molecule has 0 bridgehead atoms. The highest BCUT2D eigenvalue weighted by molar-refractivity contribution is 5.39. The summed E-state index contributed by atoms with van der Waals surface area (Å²) in [7, 11) is 0. The standard InChI is InChI=1S/C22H31NO2/c1-6-23(7-2)16-10-14-22(5)15-13-18-20(25-22)17-11-8-9-12-19(17)24-21(18,3)4/h8-9,11-12,18,20H,6-7,13,15-16H2,1-5H3/t18-,20+,22+/m1/s1. The topological polar surface area (TPSA) is 21.7 Å². The summed E-state index contributed by atoms with van der Waals surface area (Å²) in [6.07, 6.45) is 2.08. The average molecular weight is 341 g/mol. The van der Waals surface area contributed by atoms with Crippen molar-refractivity contribution in [3.05, 3.63) is 29.8 Å². The van der Waals surface area contributed by atoms with Gasteiger partial charge in [-0.2, -0.15) is 0 Å². The fourth-order valence-electron chi connectivity index (χ4n) is 4.04. The van der Waals surface area contributed by atoms with Crippen LogP contribution in [0.3, 0.4) is 0 Å². The summed E-state index contributed by atoms with van der Waals surface area (Å²) in [5, 5.41) is 0. The Labute approximate surface area is 152 Å². The molecule has 2 aliphatic heterocycles. The van der Waals surface area contributed by atoms with Crippen LogP contribution >= 0.6 is 0 Å². The third-order valence-corrected chi connectivity index (χ3v) is 5.73. The molecule has 25 heavy (non-hydrogen) atoms. The highest BCUT2D eigenvalue weighted by Crippen LogP contribution is 2.52. The zero-order valence-corrected chi connectivity index (χ0v) is 16.3. The SMILES string of the molecule is CCN(CC)CC#C[C@@]1(C)CC[C@@H]2[C@@H](O1)c1ccccc1OC2(C)C. The summed E-state index contributed by atoms with van der Waals surface area (Å²) in [5.41, 5.74) is 0.576. The molecule has 0 saturated carbocycles. The Kier molecular flexibility index (Phi) is 5.14. The summed E-state index contributed by atoms with van der Waals surface area (Å²) in [4.78, 5) is 2.33. The van der Waals surface area contributed by atoms with E-state index < -0.39 is 0 Å². The maximum absolute atomic E-state index is 6.62. The lowest BCUT2D eigenvalue weighted by molar-refractivity contribution is -0.169. The Bertz CT molecular complexity index is 668. The van der Waals surface area contributed by atoms with Gasteiger partial charge in [0.1, 0.15) is 17.0 Å². The molecule has 0 unspecified atom stereocenters. The molecule has 3 atom stereocenters. The molecule has 3 rings (SSSR count). The molecule has 0 aromatic heterocycles. The van der Waals surface area contributed by atoms with Crippen molar-refractivity contribution in [2.24, 2.45) is 5.92 Å². The Morgan fingerprint density at radius 2 is 1.88 bits per heavy atom. The van der Waals surface area contributed by atoms with Crippen LogP contribution in [0.15, 0.2) is 24.3 Å². The molecular formula is C22H31NO2. The Hall–Kier alpha value is -1.50. The largest absolute Gasteiger partial charge is 0.487 e. The number of benzene rings is 1. The minimum atomic E-state index is -0.380. The van der Waals surface area contributed by atoms with E-state index in [1.165, 1.54) is 5.56 Å². The van der Waals surface area contributed by atoms with E-state index in [1.54, 1.807) is 0 Å². The first-order chi connectivity index (χ1) is 11.9. The van der Waals surface area contributed by atoms with Crippen LogP contribution in [-0.4, -0.2) is 35.7 Å². The van der Waals surface area contributed by atoms with Gasteiger partial charge in [0.05, 0.1) is 12.6 Å². The van der Waals surface area contributed by atoms with Gasteiger partial charge in [-0.1, -0.05) is 43.9 Å². The summed E-state index contributed by atoms with van der Waals surface area (Å²) in [6.45, 7) is 13.7. The van der Waals surface area contributed by atoms with Gasteiger partial charge in [0.15, 0.2) is 0 Å². The van der Waals surface area contributed by atoms with Crippen LogP contribution in [-0.2, 0) is 4.74 Å². The monoisotopic (exact) mass is 341 g/mol. The van der Waals surface area contributed by atoms with Crippen molar-refractivity contribution in [3.63, 3.8) is 0 Å². The van der Waals surface area contributed by atoms with Crippen LogP contribution < -0.4 is 4.74 Å². The van der Waals surface area contributed by atoms with Gasteiger partial charge >= 0.3 is 0 Å². The molecule has 1 aromatic rings. The Balaban J connectivity index is 1.83. The summed E-state index contributed by atoms with van der Waals surface area (Å²) in [6, 6.07) is 8.28. The van der Waals surface area contributed by atoms with Crippen LogP contribution in [0.4, 0.5) is 0 Å². The molecule has 3 heteroatoms. The first-order valence-electron chi connectivity index (χ1n) is 9.56. The zero-order chi connectivity index (χ0) is 18.1. The van der Waals surface area contributed by atoms with Crippen molar-refractivity contribution < 1.29 is 9.47 Å². The molecular weight excluding hydrogens is 310 g/mol. The van der Waals surface area contributed by atoms with Gasteiger partial charge in [-0.25, -0.2) is 0 Å². The van der Waals surface area contributed by atoms with Crippen molar-refractivity contribution in [1.82, 2.24) is 4.90 Å². The molecule has 0 aliphatic carbocycles. The minimum absolute atomic E-state index is 0.0569. The van der Waals surface area contributed by atoms with Crippen molar-refractivity contribution in [2.45, 2.75) is 64.8 Å². The van der Waals surface area contributed by atoms with Crippen molar-refractivity contribution in [2.75, 3.05) is 19.6 Å².